The number of hydrogen-bond donors (Lipinski definition) is 1. The molecule has 1 aromatic carbocycles. The first-order valence-corrected chi connectivity index (χ1v) is 8.56. The minimum atomic E-state index is -1.22. The van der Waals surface area contributed by atoms with Crippen molar-refractivity contribution in [1.82, 2.24) is 0 Å². The summed E-state index contributed by atoms with van der Waals surface area (Å²) in [6.45, 7) is 0.734. The van der Waals surface area contributed by atoms with Gasteiger partial charge in [-0.05, 0) is 36.5 Å². The monoisotopic (exact) mass is 342 g/mol. The highest BCUT2D eigenvalue weighted by Crippen LogP contribution is 2.65. The van der Waals surface area contributed by atoms with Crippen LogP contribution >= 0.6 is 23.2 Å². The predicted molar refractivity (Wildman–Crippen MR) is 86.9 cm³/mol. The van der Waals surface area contributed by atoms with Gasteiger partial charge in [-0.3, -0.25) is 4.79 Å². The van der Waals surface area contributed by atoms with E-state index >= 15 is 0 Å². The number of carbonyl (C=O) groups is 1. The summed E-state index contributed by atoms with van der Waals surface area (Å²) in [5.41, 5.74) is -0.548. The fraction of sp³-hybridized carbons (Fsp3) is 0.588. The summed E-state index contributed by atoms with van der Waals surface area (Å²) < 4.78 is 4.61. The van der Waals surface area contributed by atoms with E-state index in [2.05, 4.69) is 0 Å². The molecule has 0 spiro atoms. The van der Waals surface area contributed by atoms with Crippen molar-refractivity contribution < 1.29 is 14.6 Å². The third-order valence-corrected chi connectivity index (χ3v) is 5.82. The summed E-state index contributed by atoms with van der Waals surface area (Å²) in [5, 5.41) is 9.44. The van der Waals surface area contributed by atoms with E-state index in [1.165, 1.54) is 32.1 Å². The number of benzene rings is 1. The molecule has 1 unspecified atom stereocenters. The van der Waals surface area contributed by atoms with Gasteiger partial charge in [0.05, 0.1) is 6.61 Å². The summed E-state index contributed by atoms with van der Waals surface area (Å²) in [6, 6.07) is 7.14. The lowest BCUT2D eigenvalue weighted by atomic mass is 9.90. The minimum Gasteiger partial charge on any atom is -0.493 e. The number of hydrogen-bond acceptors (Lipinski definition) is 2. The molecular weight excluding hydrogens is 323 g/mol. The number of alkyl halides is 2. The van der Waals surface area contributed by atoms with Gasteiger partial charge in [0.2, 0.25) is 0 Å². The van der Waals surface area contributed by atoms with Crippen LogP contribution in [0.4, 0.5) is 0 Å². The SMILES string of the molecule is O=C(O)C1(c2ccc(OCC3CCCCC3)cc2)CC1(Cl)Cl. The quantitative estimate of drug-likeness (QED) is 0.798. The van der Waals surface area contributed by atoms with Crippen LogP contribution in [-0.2, 0) is 10.2 Å². The van der Waals surface area contributed by atoms with Crippen LogP contribution in [0.5, 0.6) is 5.75 Å². The van der Waals surface area contributed by atoms with Crippen molar-refractivity contribution >= 4 is 29.2 Å². The molecule has 2 aliphatic rings. The highest BCUT2D eigenvalue weighted by atomic mass is 35.5. The Balaban J connectivity index is 1.64. The van der Waals surface area contributed by atoms with Crippen molar-refractivity contribution in [2.45, 2.75) is 48.3 Å². The second-order valence-corrected chi connectivity index (χ2v) is 7.92. The number of aliphatic carboxylic acids is 1. The number of carboxylic acid groups (broad SMARTS) is 1. The van der Waals surface area contributed by atoms with Gasteiger partial charge in [-0.25, -0.2) is 0 Å². The molecule has 0 aromatic heterocycles. The fourth-order valence-corrected chi connectivity index (χ4v) is 4.14. The topological polar surface area (TPSA) is 46.5 Å². The van der Waals surface area contributed by atoms with Gasteiger partial charge >= 0.3 is 5.97 Å². The molecule has 5 heteroatoms. The van der Waals surface area contributed by atoms with Crippen LogP contribution < -0.4 is 4.74 Å². The van der Waals surface area contributed by atoms with Crippen LogP contribution in [0.15, 0.2) is 24.3 Å². The Hall–Kier alpha value is -0.930. The molecule has 120 valence electrons. The third kappa shape index (κ3) is 2.81. The van der Waals surface area contributed by atoms with Gasteiger partial charge in [0.1, 0.15) is 15.5 Å². The molecule has 0 aliphatic heterocycles. The summed E-state index contributed by atoms with van der Waals surface area (Å²) in [6.07, 6.45) is 6.63. The number of rotatable bonds is 5. The second kappa shape index (κ2) is 5.93. The Labute approximate surface area is 140 Å². The predicted octanol–water partition coefficient (Wildman–Crippen LogP) is 4.55. The molecule has 2 aliphatic carbocycles. The number of ether oxygens (including phenoxy) is 1. The fourth-order valence-electron chi connectivity index (χ4n) is 3.36. The molecule has 2 saturated carbocycles. The molecule has 3 rings (SSSR count). The molecule has 0 heterocycles. The van der Waals surface area contributed by atoms with Crippen molar-refractivity contribution in [3.05, 3.63) is 29.8 Å². The van der Waals surface area contributed by atoms with E-state index in [0.29, 0.717) is 11.5 Å². The Bertz CT molecular complexity index is 550. The standard InChI is InChI=1S/C17H20Cl2O3/c18-17(19)11-16(17,15(20)21)13-6-8-14(9-7-13)22-10-12-4-2-1-3-5-12/h6-9,12H,1-5,10-11H2,(H,20,21). The van der Waals surface area contributed by atoms with Crippen LogP contribution in [0.3, 0.4) is 0 Å². The molecule has 1 aromatic rings. The smallest absolute Gasteiger partial charge is 0.317 e. The molecular formula is C17H20Cl2O3. The molecule has 0 saturated heterocycles. The maximum absolute atomic E-state index is 11.5. The zero-order valence-electron chi connectivity index (χ0n) is 12.4. The van der Waals surface area contributed by atoms with Gasteiger partial charge in [0, 0.05) is 6.42 Å². The largest absolute Gasteiger partial charge is 0.493 e. The van der Waals surface area contributed by atoms with Crippen LogP contribution in [0, 0.1) is 5.92 Å². The maximum atomic E-state index is 11.5. The normalized spacial score (nSPS) is 27.4. The zero-order valence-corrected chi connectivity index (χ0v) is 13.9. The first-order valence-electron chi connectivity index (χ1n) is 7.80. The first-order chi connectivity index (χ1) is 10.5. The molecule has 1 atom stereocenters. The van der Waals surface area contributed by atoms with Crippen molar-refractivity contribution in [1.29, 1.82) is 0 Å². The molecule has 0 bridgehead atoms. The van der Waals surface area contributed by atoms with E-state index in [4.69, 9.17) is 27.9 Å². The molecule has 22 heavy (non-hydrogen) atoms. The minimum absolute atomic E-state index is 0.237. The van der Waals surface area contributed by atoms with E-state index in [1.54, 1.807) is 12.1 Å². The van der Waals surface area contributed by atoms with Gasteiger partial charge in [-0.1, -0.05) is 54.6 Å². The summed E-state index contributed by atoms with van der Waals surface area (Å²) >= 11 is 12.1. The molecule has 2 fully saturated rings. The van der Waals surface area contributed by atoms with Crippen LogP contribution in [0.25, 0.3) is 0 Å². The maximum Gasteiger partial charge on any atom is 0.317 e. The van der Waals surface area contributed by atoms with E-state index in [-0.39, 0.29) is 6.42 Å². The summed E-state index contributed by atoms with van der Waals surface area (Å²) in [5.74, 6) is 0.430. The Morgan fingerprint density at radius 3 is 2.27 bits per heavy atom. The van der Waals surface area contributed by atoms with E-state index in [9.17, 15) is 9.90 Å². The van der Waals surface area contributed by atoms with Gasteiger partial charge in [0.15, 0.2) is 0 Å². The van der Waals surface area contributed by atoms with Crippen LogP contribution in [0.1, 0.15) is 44.1 Å². The lowest BCUT2D eigenvalue weighted by Crippen LogP contribution is -2.26. The molecule has 1 N–H and O–H groups in total. The third-order valence-electron chi connectivity index (χ3n) is 4.91. The highest BCUT2D eigenvalue weighted by molar-refractivity contribution is 6.54. The van der Waals surface area contributed by atoms with Crippen molar-refractivity contribution in [2.24, 2.45) is 5.92 Å². The van der Waals surface area contributed by atoms with Gasteiger partial charge in [-0.15, -0.1) is 0 Å². The molecule has 0 amide bonds. The lowest BCUT2D eigenvalue weighted by Gasteiger charge is -2.22. The van der Waals surface area contributed by atoms with E-state index in [1.807, 2.05) is 12.1 Å². The molecule has 3 nitrogen and oxygen atoms in total. The van der Waals surface area contributed by atoms with Gasteiger partial charge in [-0.2, -0.15) is 0 Å². The van der Waals surface area contributed by atoms with Crippen molar-refractivity contribution in [2.75, 3.05) is 6.61 Å². The number of halogens is 2. The van der Waals surface area contributed by atoms with Crippen LogP contribution in [0.2, 0.25) is 0 Å². The Morgan fingerprint density at radius 1 is 1.18 bits per heavy atom. The average Bonchev–Trinajstić information content (AvgIpc) is 3.11. The average molecular weight is 343 g/mol. The second-order valence-electron chi connectivity index (χ2n) is 6.43. The van der Waals surface area contributed by atoms with Crippen molar-refractivity contribution in [3.8, 4) is 5.75 Å². The highest BCUT2D eigenvalue weighted by Gasteiger charge is 2.72. The van der Waals surface area contributed by atoms with Gasteiger partial charge < -0.3 is 9.84 Å². The Morgan fingerprint density at radius 2 is 1.77 bits per heavy atom. The zero-order chi connectivity index (χ0) is 15.8. The summed E-state index contributed by atoms with van der Waals surface area (Å²) in [4.78, 5) is 11.5. The summed E-state index contributed by atoms with van der Waals surface area (Å²) in [7, 11) is 0. The van der Waals surface area contributed by atoms with Gasteiger partial charge in [0.25, 0.3) is 0 Å². The lowest BCUT2D eigenvalue weighted by molar-refractivity contribution is -0.140. The Kier molecular flexibility index (Phi) is 4.30. The molecule has 0 radical (unpaired) electrons. The van der Waals surface area contributed by atoms with E-state index in [0.717, 1.165) is 12.4 Å². The first kappa shape index (κ1) is 15.9. The number of carboxylic acids is 1. The van der Waals surface area contributed by atoms with Crippen LogP contribution in [-0.4, -0.2) is 22.0 Å². The van der Waals surface area contributed by atoms with E-state index < -0.39 is 15.7 Å². The van der Waals surface area contributed by atoms with Crippen molar-refractivity contribution in [3.63, 3.8) is 0 Å².